The Balaban J connectivity index is 1.80. The number of carbonyl (C=O) groups excluding carboxylic acids is 3. The summed E-state index contributed by atoms with van der Waals surface area (Å²) >= 11 is 0. The van der Waals surface area contributed by atoms with Crippen LogP contribution < -0.4 is 10.1 Å². The molecule has 0 spiro atoms. The van der Waals surface area contributed by atoms with Crippen molar-refractivity contribution in [2.24, 2.45) is 0 Å². The van der Waals surface area contributed by atoms with E-state index in [4.69, 9.17) is 9.47 Å². The summed E-state index contributed by atoms with van der Waals surface area (Å²) in [4.78, 5) is 35.5. The molecular weight excluding hydrogens is 358 g/mol. The van der Waals surface area contributed by atoms with E-state index < -0.39 is 5.97 Å². The molecule has 0 aromatic heterocycles. The van der Waals surface area contributed by atoms with Gasteiger partial charge in [-0.2, -0.15) is 0 Å². The number of benzene rings is 2. The molecule has 0 radical (unpaired) electrons. The molecule has 0 heterocycles. The molecule has 1 N–H and O–H groups in total. The highest BCUT2D eigenvalue weighted by molar-refractivity contribution is 5.94. The van der Waals surface area contributed by atoms with Crippen LogP contribution in [0, 0.1) is 6.92 Å². The van der Waals surface area contributed by atoms with Gasteiger partial charge in [0.2, 0.25) is 0 Å². The normalized spacial score (nSPS) is 10.2. The van der Waals surface area contributed by atoms with Crippen LogP contribution in [0.4, 0.5) is 0 Å². The van der Waals surface area contributed by atoms with Gasteiger partial charge in [-0.25, -0.2) is 0 Å². The Morgan fingerprint density at radius 3 is 2.46 bits per heavy atom. The molecular formula is C22H25NO5. The van der Waals surface area contributed by atoms with Gasteiger partial charge in [0.1, 0.15) is 5.75 Å². The summed E-state index contributed by atoms with van der Waals surface area (Å²) in [5, 5.41) is 2.74. The summed E-state index contributed by atoms with van der Waals surface area (Å²) < 4.78 is 10.3. The van der Waals surface area contributed by atoms with Gasteiger partial charge < -0.3 is 14.8 Å². The topological polar surface area (TPSA) is 81.7 Å². The molecule has 2 rings (SSSR count). The minimum absolute atomic E-state index is 0.0826. The molecule has 1 amide bonds. The maximum atomic E-state index is 12.1. The van der Waals surface area contributed by atoms with Crippen LogP contribution in [0.15, 0.2) is 42.5 Å². The first-order valence-electron chi connectivity index (χ1n) is 9.05. The van der Waals surface area contributed by atoms with Gasteiger partial charge in [-0.1, -0.05) is 24.3 Å². The maximum Gasteiger partial charge on any atom is 0.310 e. The van der Waals surface area contributed by atoms with Crippen LogP contribution in [-0.2, 0) is 27.2 Å². The second kappa shape index (κ2) is 10.3. The Labute approximate surface area is 164 Å². The largest absolute Gasteiger partial charge is 0.496 e. The third kappa shape index (κ3) is 6.23. The summed E-state index contributed by atoms with van der Waals surface area (Å²) in [6, 6.07) is 12.8. The average Bonchev–Trinajstić information content (AvgIpc) is 2.67. The number of esters is 1. The number of ether oxygens (including phenoxy) is 2. The zero-order valence-electron chi connectivity index (χ0n) is 16.4. The zero-order valence-corrected chi connectivity index (χ0v) is 16.4. The number of methoxy groups -OCH3 is 1. The first kappa shape index (κ1) is 21.2. The minimum atomic E-state index is -0.562. The van der Waals surface area contributed by atoms with Crippen molar-refractivity contribution in [1.82, 2.24) is 5.32 Å². The fraction of sp³-hybridized carbons (Fsp3) is 0.318. The van der Waals surface area contributed by atoms with Gasteiger partial charge in [-0.3, -0.25) is 14.4 Å². The second-order valence-corrected chi connectivity index (χ2v) is 6.45. The molecule has 6 nitrogen and oxygen atoms in total. The van der Waals surface area contributed by atoms with Gasteiger partial charge in [0.05, 0.1) is 13.5 Å². The van der Waals surface area contributed by atoms with Crippen LogP contribution in [0.1, 0.15) is 34.0 Å². The number of aryl methyl sites for hydroxylation is 1. The van der Waals surface area contributed by atoms with Crippen LogP contribution in [-0.4, -0.2) is 37.9 Å². The lowest BCUT2D eigenvalue weighted by Crippen LogP contribution is -2.30. The number of hydrogen-bond acceptors (Lipinski definition) is 5. The van der Waals surface area contributed by atoms with E-state index in [0.717, 1.165) is 5.56 Å². The number of ketones is 1. The standard InChI is InChI=1S/C22H25NO5/c1-15-6-4-5-7-17(15)10-11-23-21(25)14-28-22(26)13-19-12-18(16(2)24)8-9-20(19)27-3/h4-9,12H,10-11,13-14H2,1-3H3,(H,23,25). The number of amides is 1. The predicted molar refractivity (Wildman–Crippen MR) is 106 cm³/mol. The van der Waals surface area contributed by atoms with Crippen LogP contribution >= 0.6 is 0 Å². The third-order valence-electron chi connectivity index (χ3n) is 4.36. The minimum Gasteiger partial charge on any atom is -0.496 e. The Morgan fingerprint density at radius 1 is 1.04 bits per heavy atom. The zero-order chi connectivity index (χ0) is 20.5. The van der Waals surface area contributed by atoms with Crippen molar-refractivity contribution in [2.45, 2.75) is 26.7 Å². The summed E-state index contributed by atoms with van der Waals surface area (Å²) in [5.41, 5.74) is 3.36. The van der Waals surface area contributed by atoms with Gasteiger partial charge in [0, 0.05) is 17.7 Å². The van der Waals surface area contributed by atoms with Crippen molar-refractivity contribution >= 4 is 17.7 Å². The fourth-order valence-electron chi connectivity index (χ4n) is 2.77. The molecule has 0 saturated heterocycles. The van der Waals surface area contributed by atoms with E-state index in [1.165, 1.54) is 19.6 Å². The molecule has 6 heteroatoms. The summed E-state index contributed by atoms with van der Waals surface area (Å²) in [7, 11) is 1.49. The third-order valence-corrected chi connectivity index (χ3v) is 4.36. The molecule has 0 atom stereocenters. The molecule has 0 aliphatic carbocycles. The van der Waals surface area contributed by atoms with Crippen LogP contribution in [0.3, 0.4) is 0 Å². The Morgan fingerprint density at radius 2 is 1.79 bits per heavy atom. The molecule has 0 fully saturated rings. The van der Waals surface area contributed by atoms with Crippen molar-refractivity contribution < 1.29 is 23.9 Å². The van der Waals surface area contributed by atoms with E-state index in [0.29, 0.717) is 29.8 Å². The van der Waals surface area contributed by atoms with Crippen LogP contribution in [0.25, 0.3) is 0 Å². The van der Waals surface area contributed by atoms with Crippen LogP contribution in [0.5, 0.6) is 5.75 Å². The number of carbonyl (C=O) groups is 3. The van der Waals surface area contributed by atoms with E-state index >= 15 is 0 Å². The van der Waals surface area contributed by atoms with Crippen LogP contribution in [0.2, 0.25) is 0 Å². The molecule has 0 aliphatic rings. The second-order valence-electron chi connectivity index (χ2n) is 6.45. The first-order chi connectivity index (χ1) is 13.4. The lowest BCUT2D eigenvalue weighted by atomic mass is 10.0. The highest BCUT2D eigenvalue weighted by Crippen LogP contribution is 2.21. The van der Waals surface area contributed by atoms with E-state index in [-0.39, 0.29) is 24.7 Å². The number of nitrogens with one attached hydrogen (secondary N) is 1. The van der Waals surface area contributed by atoms with E-state index in [1.807, 2.05) is 31.2 Å². The lowest BCUT2D eigenvalue weighted by molar-refractivity contribution is -0.147. The molecule has 0 bridgehead atoms. The highest BCUT2D eigenvalue weighted by Gasteiger charge is 2.14. The van der Waals surface area contributed by atoms with Gasteiger partial charge in [0.25, 0.3) is 5.91 Å². The van der Waals surface area contributed by atoms with Gasteiger partial charge >= 0.3 is 5.97 Å². The summed E-state index contributed by atoms with van der Waals surface area (Å²) in [5.74, 6) is -0.533. The van der Waals surface area contributed by atoms with Crippen molar-refractivity contribution in [3.63, 3.8) is 0 Å². The average molecular weight is 383 g/mol. The number of hydrogen-bond donors (Lipinski definition) is 1. The molecule has 2 aromatic carbocycles. The van der Waals surface area contributed by atoms with Gasteiger partial charge in [-0.15, -0.1) is 0 Å². The van der Waals surface area contributed by atoms with Gasteiger partial charge in [-0.05, 0) is 49.6 Å². The Hall–Kier alpha value is -3.15. The Kier molecular flexibility index (Phi) is 7.75. The quantitative estimate of drug-likeness (QED) is 0.532. The predicted octanol–water partition coefficient (Wildman–Crippen LogP) is 2.65. The number of Topliss-reactive ketones (excluding diaryl/α,β-unsaturated/α-hetero) is 1. The highest BCUT2D eigenvalue weighted by atomic mass is 16.5. The maximum absolute atomic E-state index is 12.1. The van der Waals surface area contributed by atoms with Crippen molar-refractivity contribution in [2.75, 3.05) is 20.3 Å². The van der Waals surface area contributed by atoms with Crippen molar-refractivity contribution in [1.29, 1.82) is 0 Å². The lowest BCUT2D eigenvalue weighted by Gasteiger charge is -2.10. The molecule has 0 unspecified atom stereocenters. The van der Waals surface area contributed by atoms with E-state index in [2.05, 4.69) is 5.32 Å². The monoisotopic (exact) mass is 383 g/mol. The van der Waals surface area contributed by atoms with E-state index in [1.54, 1.807) is 18.2 Å². The molecule has 0 aliphatic heterocycles. The fourth-order valence-corrected chi connectivity index (χ4v) is 2.77. The summed E-state index contributed by atoms with van der Waals surface area (Å²) in [6.45, 7) is 3.59. The summed E-state index contributed by atoms with van der Waals surface area (Å²) in [6.07, 6.45) is 0.627. The number of rotatable bonds is 9. The molecule has 0 saturated carbocycles. The van der Waals surface area contributed by atoms with E-state index in [9.17, 15) is 14.4 Å². The Bertz CT molecular complexity index is 860. The van der Waals surface area contributed by atoms with Crippen molar-refractivity contribution in [3.8, 4) is 5.75 Å². The smallest absolute Gasteiger partial charge is 0.310 e. The van der Waals surface area contributed by atoms with Gasteiger partial charge in [0.15, 0.2) is 12.4 Å². The van der Waals surface area contributed by atoms with Crippen molar-refractivity contribution in [3.05, 3.63) is 64.7 Å². The molecule has 148 valence electrons. The first-order valence-corrected chi connectivity index (χ1v) is 9.05. The molecule has 2 aromatic rings. The SMILES string of the molecule is COc1ccc(C(C)=O)cc1CC(=O)OCC(=O)NCCc1ccccc1C. The molecule has 28 heavy (non-hydrogen) atoms.